The smallest absolute Gasteiger partial charge is 0.335 e. The fourth-order valence-corrected chi connectivity index (χ4v) is 3.22. The van der Waals surface area contributed by atoms with Crippen molar-refractivity contribution in [3.05, 3.63) is 35.4 Å². The van der Waals surface area contributed by atoms with Gasteiger partial charge in [0.25, 0.3) is 0 Å². The fraction of sp³-hybridized carbons (Fsp3) is 0.462. The Bertz CT molecular complexity index is 564. The topological polar surface area (TPSA) is 83.5 Å². The average Bonchev–Trinajstić information content (AvgIpc) is 2.27. The highest BCUT2D eigenvalue weighted by Crippen LogP contribution is 2.13. The van der Waals surface area contributed by atoms with Gasteiger partial charge in [-0.3, -0.25) is 0 Å². The van der Waals surface area contributed by atoms with E-state index in [1.807, 2.05) is 6.92 Å². The van der Waals surface area contributed by atoms with E-state index in [4.69, 9.17) is 5.11 Å². The monoisotopic (exact) mass is 285 g/mol. The molecule has 0 unspecified atom stereocenters. The number of hydrogen-bond donors (Lipinski definition) is 2. The van der Waals surface area contributed by atoms with Crippen LogP contribution in [0.3, 0.4) is 0 Å². The normalized spacial score (nSPS) is 12.4. The molecule has 0 aliphatic rings. The number of sulfonamides is 1. The summed E-state index contributed by atoms with van der Waals surface area (Å²) >= 11 is 0. The first kappa shape index (κ1) is 15.7. The van der Waals surface area contributed by atoms with E-state index in [2.05, 4.69) is 4.72 Å². The maximum atomic E-state index is 12.0. The van der Waals surface area contributed by atoms with Crippen molar-refractivity contribution in [2.45, 2.75) is 38.5 Å². The van der Waals surface area contributed by atoms with Crippen molar-refractivity contribution >= 4 is 16.0 Å². The zero-order chi connectivity index (χ0) is 14.7. The number of nitrogens with one attached hydrogen (secondary N) is 1. The molecule has 5 nitrogen and oxygen atoms in total. The summed E-state index contributed by atoms with van der Waals surface area (Å²) < 4.78 is 26.6. The van der Waals surface area contributed by atoms with E-state index >= 15 is 0 Å². The Balaban J connectivity index is 2.90. The molecule has 19 heavy (non-hydrogen) atoms. The van der Waals surface area contributed by atoms with Crippen LogP contribution < -0.4 is 4.72 Å². The van der Waals surface area contributed by atoms with Crippen LogP contribution in [0.15, 0.2) is 24.3 Å². The predicted octanol–water partition coefficient (Wildman–Crippen LogP) is 1.99. The van der Waals surface area contributed by atoms with Gasteiger partial charge in [-0.05, 0) is 38.0 Å². The van der Waals surface area contributed by atoms with Gasteiger partial charge in [-0.1, -0.05) is 19.1 Å². The van der Waals surface area contributed by atoms with Gasteiger partial charge in [0.1, 0.15) is 0 Å². The Labute approximate surface area is 113 Å². The molecular weight excluding hydrogens is 266 g/mol. The number of hydrogen-bond acceptors (Lipinski definition) is 3. The highest BCUT2D eigenvalue weighted by Gasteiger charge is 2.23. The van der Waals surface area contributed by atoms with Crippen LogP contribution in [0.2, 0.25) is 0 Å². The Morgan fingerprint density at radius 3 is 2.53 bits per heavy atom. The molecule has 106 valence electrons. The number of carboxylic acid groups (broad SMARTS) is 1. The lowest BCUT2D eigenvalue weighted by atomic mass is 10.0. The minimum Gasteiger partial charge on any atom is -0.478 e. The van der Waals surface area contributed by atoms with Gasteiger partial charge in [-0.2, -0.15) is 0 Å². The largest absolute Gasteiger partial charge is 0.478 e. The maximum Gasteiger partial charge on any atom is 0.335 e. The Morgan fingerprint density at radius 2 is 2.00 bits per heavy atom. The van der Waals surface area contributed by atoms with Crippen LogP contribution in [0, 0.1) is 0 Å². The molecule has 1 rings (SSSR count). The van der Waals surface area contributed by atoms with E-state index in [1.165, 1.54) is 12.1 Å². The van der Waals surface area contributed by atoms with Crippen molar-refractivity contribution in [1.29, 1.82) is 0 Å². The Morgan fingerprint density at radius 1 is 1.37 bits per heavy atom. The molecule has 0 atom stereocenters. The van der Waals surface area contributed by atoms with Gasteiger partial charge >= 0.3 is 5.97 Å². The fourth-order valence-electron chi connectivity index (χ4n) is 1.54. The van der Waals surface area contributed by atoms with E-state index in [-0.39, 0.29) is 11.3 Å². The standard InChI is InChI=1S/C13H19NO4S/c1-4-13(2,3)14-19(17,18)9-10-6-5-7-11(8-10)12(15)16/h5-8,14H,4,9H2,1-3H3,(H,15,16). The first-order chi connectivity index (χ1) is 8.65. The molecule has 0 aliphatic heterocycles. The van der Waals surface area contributed by atoms with Crippen molar-refractivity contribution in [2.24, 2.45) is 0 Å². The second-order valence-electron chi connectivity index (χ2n) is 5.10. The van der Waals surface area contributed by atoms with Gasteiger partial charge in [0.2, 0.25) is 10.0 Å². The first-order valence-electron chi connectivity index (χ1n) is 5.99. The minimum absolute atomic E-state index is 0.0856. The summed E-state index contributed by atoms with van der Waals surface area (Å²) in [6.07, 6.45) is 0.668. The van der Waals surface area contributed by atoms with E-state index in [1.54, 1.807) is 26.0 Å². The van der Waals surface area contributed by atoms with Gasteiger partial charge in [-0.25, -0.2) is 17.9 Å². The average molecular weight is 285 g/mol. The third-order valence-electron chi connectivity index (χ3n) is 2.85. The summed E-state index contributed by atoms with van der Waals surface area (Å²) in [6, 6.07) is 5.95. The number of rotatable bonds is 6. The SMILES string of the molecule is CCC(C)(C)NS(=O)(=O)Cc1cccc(C(=O)O)c1. The van der Waals surface area contributed by atoms with Crippen molar-refractivity contribution in [3.63, 3.8) is 0 Å². The van der Waals surface area contributed by atoms with Crippen LogP contribution in [0.4, 0.5) is 0 Å². The molecular formula is C13H19NO4S. The lowest BCUT2D eigenvalue weighted by Gasteiger charge is -2.24. The molecule has 0 aliphatic carbocycles. The highest BCUT2D eigenvalue weighted by molar-refractivity contribution is 7.88. The van der Waals surface area contributed by atoms with Crippen molar-refractivity contribution < 1.29 is 18.3 Å². The first-order valence-corrected chi connectivity index (χ1v) is 7.64. The Hall–Kier alpha value is -1.40. The van der Waals surface area contributed by atoms with Crippen LogP contribution in [-0.4, -0.2) is 25.0 Å². The molecule has 0 radical (unpaired) electrons. The molecule has 0 aromatic heterocycles. The second kappa shape index (κ2) is 5.71. The van der Waals surface area contributed by atoms with Crippen molar-refractivity contribution in [3.8, 4) is 0 Å². The molecule has 0 saturated carbocycles. The summed E-state index contributed by atoms with van der Waals surface area (Å²) in [5.41, 5.74) is 0.0326. The molecule has 0 fully saturated rings. The summed E-state index contributed by atoms with van der Waals surface area (Å²) in [5, 5.41) is 8.87. The van der Waals surface area contributed by atoms with Crippen LogP contribution in [-0.2, 0) is 15.8 Å². The van der Waals surface area contributed by atoms with Gasteiger partial charge in [-0.15, -0.1) is 0 Å². The lowest BCUT2D eigenvalue weighted by molar-refractivity contribution is 0.0696. The lowest BCUT2D eigenvalue weighted by Crippen LogP contribution is -2.43. The predicted molar refractivity (Wildman–Crippen MR) is 73.5 cm³/mol. The molecule has 0 heterocycles. The number of carboxylic acids is 1. The minimum atomic E-state index is -3.49. The molecule has 0 spiro atoms. The number of benzene rings is 1. The zero-order valence-corrected chi connectivity index (χ0v) is 12.1. The van der Waals surface area contributed by atoms with Crippen LogP contribution in [0.25, 0.3) is 0 Å². The van der Waals surface area contributed by atoms with E-state index < -0.39 is 21.5 Å². The zero-order valence-electron chi connectivity index (χ0n) is 11.3. The summed E-state index contributed by atoms with van der Waals surface area (Å²) in [5.74, 6) is -1.29. The van der Waals surface area contributed by atoms with E-state index in [0.717, 1.165) is 0 Å². The second-order valence-corrected chi connectivity index (χ2v) is 6.83. The third kappa shape index (κ3) is 5.00. The molecule has 0 bridgehead atoms. The summed E-state index contributed by atoms with van der Waals surface area (Å²) in [6.45, 7) is 5.50. The number of carbonyl (C=O) groups is 1. The molecule has 1 aromatic carbocycles. The van der Waals surface area contributed by atoms with E-state index in [0.29, 0.717) is 12.0 Å². The van der Waals surface area contributed by atoms with E-state index in [9.17, 15) is 13.2 Å². The maximum absolute atomic E-state index is 12.0. The number of aromatic carboxylic acids is 1. The molecule has 2 N–H and O–H groups in total. The van der Waals surface area contributed by atoms with Crippen molar-refractivity contribution in [2.75, 3.05) is 0 Å². The highest BCUT2D eigenvalue weighted by atomic mass is 32.2. The molecule has 6 heteroatoms. The van der Waals surface area contributed by atoms with Crippen molar-refractivity contribution in [1.82, 2.24) is 4.72 Å². The van der Waals surface area contributed by atoms with Gasteiger partial charge in [0, 0.05) is 5.54 Å². The van der Waals surface area contributed by atoms with Crippen LogP contribution in [0.5, 0.6) is 0 Å². The quantitative estimate of drug-likeness (QED) is 0.837. The van der Waals surface area contributed by atoms with Crippen LogP contribution >= 0.6 is 0 Å². The van der Waals surface area contributed by atoms with Gasteiger partial charge in [0.05, 0.1) is 11.3 Å². The third-order valence-corrected chi connectivity index (χ3v) is 4.42. The molecule has 0 amide bonds. The van der Waals surface area contributed by atoms with Gasteiger partial charge < -0.3 is 5.11 Å². The molecule has 0 saturated heterocycles. The molecule has 1 aromatic rings. The van der Waals surface area contributed by atoms with Gasteiger partial charge in [0.15, 0.2) is 0 Å². The van der Waals surface area contributed by atoms with Crippen LogP contribution in [0.1, 0.15) is 43.1 Å². The summed E-state index contributed by atoms with van der Waals surface area (Å²) in [7, 11) is -3.49. The summed E-state index contributed by atoms with van der Waals surface area (Å²) in [4.78, 5) is 10.8. The Kier molecular flexibility index (Phi) is 4.70.